The van der Waals surface area contributed by atoms with Crippen LogP contribution in [0.3, 0.4) is 0 Å². The number of esters is 1. The lowest BCUT2D eigenvalue weighted by molar-refractivity contribution is -0.142. The lowest BCUT2D eigenvalue weighted by Gasteiger charge is -2.32. The molecule has 21 heavy (non-hydrogen) atoms. The molecule has 2 N–H and O–H groups in total. The Labute approximate surface area is 123 Å². The van der Waals surface area contributed by atoms with E-state index in [1.807, 2.05) is 0 Å². The Hall–Kier alpha value is -1.79. The van der Waals surface area contributed by atoms with Gasteiger partial charge in [-0.25, -0.2) is 9.59 Å². The molecule has 1 aliphatic heterocycles. The van der Waals surface area contributed by atoms with E-state index in [0.717, 1.165) is 25.7 Å². The second-order valence-corrected chi connectivity index (χ2v) is 5.67. The molecular formula is C14H22N2O5. The first-order valence-electron chi connectivity index (χ1n) is 7.40. The van der Waals surface area contributed by atoms with Gasteiger partial charge in [0.25, 0.3) is 0 Å². The van der Waals surface area contributed by atoms with Crippen molar-refractivity contribution in [1.82, 2.24) is 10.2 Å². The van der Waals surface area contributed by atoms with Crippen LogP contribution in [0.5, 0.6) is 0 Å². The Morgan fingerprint density at radius 3 is 2.67 bits per heavy atom. The number of nitrogens with zero attached hydrogens (tertiary/aromatic N) is 1. The second kappa shape index (κ2) is 6.78. The summed E-state index contributed by atoms with van der Waals surface area (Å²) in [5.41, 5.74) is 0. The van der Waals surface area contributed by atoms with Crippen LogP contribution in [0.1, 0.15) is 38.5 Å². The Morgan fingerprint density at radius 2 is 2.00 bits per heavy atom. The molecule has 118 valence electrons. The molecule has 1 saturated carbocycles. The first-order chi connectivity index (χ1) is 10.0. The molecule has 0 aromatic rings. The van der Waals surface area contributed by atoms with E-state index in [-0.39, 0.29) is 31.0 Å². The van der Waals surface area contributed by atoms with Gasteiger partial charge in [-0.05, 0) is 25.2 Å². The first kappa shape index (κ1) is 15.6. The highest BCUT2D eigenvalue weighted by Crippen LogP contribution is 2.39. The van der Waals surface area contributed by atoms with Crippen molar-refractivity contribution in [2.24, 2.45) is 5.92 Å². The molecule has 7 nitrogen and oxygen atoms in total. The van der Waals surface area contributed by atoms with Gasteiger partial charge in [-0.3, -0.25) is 4.79 Å². The molecule has 3 unspecified atom stereocenters. The quantitative estimate of drug-likeness (QED) is 0.754. The number of urea groups is 1. The molecule has 2 aliphatic rings. The summed E-state index contributed by atoms with van der Waals surface area (Å²) in [7, 11) is 1.29. The zero-order valence-electron chi connectivity index (χ0n) is 12.2. The number of carbonyl (C=O) groups excluding carboxylic acids is 2. The van der Waals surface area contributed by atoms with Gasteiger partial charge in [0.1, 0.15) is 6.04 Å². The van der Waals surface area contributed by atoms with E-state index in [4.69, 9.17) is 0 Å². The summed E-state index contributed by atoms with van der Waals surface area (Å²) in [5.74, 6) is -1.07. The van der Waals surface area contributed by atoms with Crippen LogP contribution < -0.4 is 5.32 Å². The van der Waals surface area contributed by atoms with Crippen LogP contribution >= 0.6 is 0 Å². The number of ether oxygens (including phenoxy) is 1. The molecule has 0 aromatic carbocycles. The molecule has 0 radical (unpaired) electrons. The van der Waals surface area contributed by atoms with E-state index >= 15 is 0 Å². The van der Waals surface area contributed by atoms with Crippen LogP contribution in [-0.2, 0) is 14.3 Å². The number of aliphatic carboxylic acids is 1. The number of carbonyl (C=O) groups is 3. The Bertz CT molecular complexity index is 426. The Kier molecular flexibility index (Phi) is 5.03. The zero-order valence-corrected chi connectivity index (χ0v) is 12.2. The number of amides is 2. The van der Waals surface area contributed by atoms with Crippen molar-refractivity contribution in [2.75, 3.05) is 13.7 Å². The minimum absolute atomic E-state index is 0.0120. The van der Waals surface area contributed by atoms with Crippen molar-refractivity contribution in [3.05, 3.63) is 0 Å². The van der Waals surface area contributed by atoms with E-state index in [0.29, 0.717) is 6.42 Å². The SMILES string of the molecule is COC(=O)CCNC(=O)N1C(C(=O)O)CC2CCCCC21. The molecule has 0 spiro atoms. The summed E-state index contributed by atoms with van der Waals surface area (Å²) in [6, 6.07) is -1.13. The average molecular weight is 298 g/mol. The maximum atomic E-state index is 12.3. The summed E-state index contributed by atoms with van der Waals surface area (Å²) >= 11 is 0. The maximum Gasteiger partial charge on any atom is 0.326 e. The number of rotatable bonds is 4. The van der Waals surface area contributed by atoms with Crippen molar-refractivity contribution >= 4 is 18.0 Å². The molecule has 1 aliphatic carbocycles. The summed E-state index contributed by atoms with van der Waals surface area (Å²) in [4.78, 5) is 36.2. The zero-order chi connectivity index (χ0) is 15.4. The average Bonchev–Trinajstić information content (AvgIpc) is 2.86. The Balaban J connectivity index is 1.98. The molecule has 3 atom stereocenters. The van der Waals surface area contributed by atoms with E-state index < -0.39 is 18.0 Å². The van der Waals surface area contributed by atoms with Crippen LogP contribution in [-0.4, -0.2) is 53.7 Å². The summed E-state index contributed by atoms with van der Waals surface area (Å²) < 4.78 is 4.50. The molecule has 7 heteroatoms. The number of hydrogen-bond acceptors (Lipinski definition) is 4. The third-order valence-corrected chi connectivity index (χ3v) is 4.44. The molecule has 1 heterocycles. The van der Waals surface area contributed by atoms with Gasteiger partial charge in [0, 0.05) is 12.6 Å². The highest BCUT2D eigenvalue weighted by molar-refractivity contribution is 5.84. The minimum atomic E-state index is -0.951. The van der Waals surface area contributed by atoms with Crippen LogP contribution in [0.2, 0.25) is 0 Å². The van der Waals surface area contributed by atoms with Crippen molar-refractivity contribution < 1.29 is 24.2 Å². The molecule has 1 saturated heterocycles. The maximum absolute atomic E-state index is 12.3. The molecule has 0 aromatic heterocycles. The molecular weight excluding hydrogens is 276 g/mol. The van der Waals surface area contributed by atoms with Gasteiger partial charge in [0.05, 0.1) is 13.5 Å². The van der Waals surface area contributed by atoms with Gasteiger partial charge < -0.3 is 20.1 Å². The fraction of sp³-hybridized carbons (Fsp3) is 0.786. The van der Waals surface area contributed by atoms with Crippen molar-refractivity contribution in [2.45, 2.75) is 50.6 Å². The predicted octanol–water partition coefficient (Wildman–Crippen LogP) is 0.977. The largest absolute Gasteiger partial charge is 0.480 e. The summed E-state index contributed by atoms with van der Waals surface area (Å²) in [6.07, 6.45) is 4.59. The van der Waals surface area contributed by atoms with Crippen LogP contribution in [0.25, 0.3) is 0 Å². The van der Waals surface area contributed by atoms with Crippen molar-refractivity contribution in [1.29, 1.82) is 0 Å². The number of hydrogen-bond donors (Lipinski definition) is 2. The second-order valence-electron chi connectivity index (χ2n) is 5.67. The highest BCUT2D eigenvalue weighted by atomic mass is 16.5. The number of likely N-dealkylation sites (tertiary alicyclic amines) is 1. The number of fused-ring (bicyclic) bond motifs is 1. The van der Waals surface area contributed by atoms with E-state index in [1.54, 1.807) is 0 Å². The van der Waals surface area contributed by atoms with Crippen LogP contribution in [0.4, 0.5) is 4.79 Å². The standard InChI is InChI=1S/C14H22N2O5/c1-21-12(17)6-7-15-14(20)16-10-5-3-2-4-9(10)8-11(16)13(18)19/h9-11H,2-8H2,1H3,(H,15,20)(H,18,19). The third kappa shape index (κ3) is 3.46. The molecule has 2 fully saturated rings. The van der Waals surface area contributed by atoms with Crippen molar-refractivity contribution in [3.63, 3.8) is 0 Å². The van der Waals surface area contributed by atoms with Crippen molar-refractivity contribution in [3.8, 4) is 0 Å². The predicted molar refractivity (Wildman–Crippen MR) is 73.7 cm³/mol. The summed E-state index contributed by atoms with van der Waals surface area (Å²) in [6.45, 7) is 0.158. The number of nitrogens with one attached hydrogen (secondary N) is 1. The fourth-order valence-corrected chi connectivity index (χ4v) is 3.44. The first-order valence-corrected chi connectivity index (χ1v) is 7.40. The Morgan fingerprint density at radius 1 is 1.29 bits per heavy atom. The number of methoxy groups -OCH3 is 1. The van der Waals surface area contributed by atoms with Gasteiger partial charge in [-0.2, -0.15) is 0 Å². The lowest BCUT2D eigenvalue weighted by Crippen LogP contribution is -2.51. The molecule has 0 bridgehead atoms. The fourth-order valence-electron chi connectivity index (χ4n) is 3.44. The van der Waals surface area contributed by atoms with Gasteiger partial charge >= 0.3 is 18.0 Å². The highest BCUT2D eigenvalue weighted by Gasteiger charge is 2.47. The number of carboxylic acid groups (broad SMARTS) is 1. The van der Waals surface area contributed by atoms with Gasteiger partial charge in [-0.1, -0.05) is 12.8 Å². The molecule has 2 rings (SSSR count). The van der Waals surface area contributed by atoms with Crippen LogP contribution in [0.15, 0.2) is 0 Å². The number of carboxylic acids is 1. The van der Waals surface area contributed by atoms with Gasteiger partial charge in [-0.15, -0.1) is 0 Å². The van der Waals surface area contributed by atoms with Crippen LogP contribution in [0, 0.1) is 5.92 Å². The summed E-state index contributed by atoms with van der Waals surface area (Å²) in [5, 5.41) is 12.0. The monoisotopic (exact) mass is 298 g/mol. The lowest BCUT2D eigenvalue weighted by atomic mass is 9.85. The van der Waals surface area contributed by atoms with E-state index in [2.05, 4.69) is 10.1 Å². The van der Waals surface area contributed by atoms with Gasteiger partial charge in [0.15, 0.2) is 0 Å². The van der Waals surface area contributed by atoms with E-state index in [1.165, 1.54) is 12.0 Å². The van der Waals surface area contributed by atoms with Gasteiger partial charge in [0.2, 0.25) is 0 Å². The molecule has 2 amide bonds. The van der Waals surface area contributed by atoms with E-state index in [9.17, 15) is 19.5 Å². The third-order valence-electron chi connectivity index (χ3n) is 4.44. The normalized spacial score (nSPS) is 27.9. The topological polar surface area (TPSA) is 95.9 Å². The minimum Gasteiger partial charge on any atom is -0.480 e. The smallest absolute Gasteiger partial charge is 0.326 e.